The second-order valence-electron chi connectivity index (χ2n) is 10.1. The number of carbonyl (C=O) groups excluding carboxylic acids is 3. The fraction of sp³-hybridized carbons (Fsp3) is 0.258. The number of anilines is 1. The smallest absolute Gasteiger partial charge is 0.337 e. The van der Waals surface area contributed by atoms with Crippen molar-refractivity contribution in [3.05, 3.63) is 94.6 Å². The summed E-state index contributed by atoms with van der Waals surface area (Å²) in [6.45, 7) is 6.26. The topological polar surface area (TPSA) is 102 Å². The van der Waals surface area contributed by atoms with E-state index in [4.69, 9.17) is 14.2 Å². The first-order valence-corrected chi connectivity index (χ1v) is 12.3. The molecule has 1 N–H and O–H groups in total. The number of aliphatic hydroxyl groups excluding tert-OH is 1. The standard InChI is InChI=1S/C31H31NO7/c1-31(2,3)20-14-10-18(11-15-20)26-25(27(33)24-22(37-4)8-7-9-23(24)38-5)28(34)29(35)32(26)21-16-12-19(13-17-21)30(36)39-6/h7-17,26,33H,1-6H3/b27-25+. The molecule has 0 aliphatic carbocycles. The van der Waals surface area contributed by atoms with E-state index in [0.717, 1.165) is 5.56 Å². The first-order valence-electron chi connectivity index (χ1n) is 12.3. The van der Waals surface area contributed by atoms with Crippen molar-refractivity contribution in [1.29, 1.82) is 0 Å². The van der Waals surface area contributed by atoms with Crippen molar-refractivity contribution in [2.75, 3.05) is 26.2 Å². The fourth-order valence-corrected chi connectivity index (χ4v) is 4.67. The first kappa shape index (κ1) is 27.4. The van der Waals surface area contributed by atoms with Crippen molar-refractivity contribution in [2.45, 2.75) is 32.2 Å². The van der Waals surface area contributed by atoms with Crippen LogP contribution in [0.25, 0.3) is 5.76 Å². The van der Waals surface area contributed by atoms with Crippen molar-refractivity contribution < 1.29 is 33.7 Å². The van der Waals surface area contributed by atoms with Crippen molar-refractivity contribution in [1.82, 2.24) is 0 Å². The van der Waals surface area contributed by atoms with Gasteiger partial charge in [0.2, 0.25) is 0 Å². The van der Waals surface area contributed by atoms with Gasteiger partial charge in [0.25, 0.3) is 11.7 Å². The molecule has 1 amide bonds. The number of aliphatic hydroxyl groups is 1. The molecule has 1 atom stereocenters. The second kappa shape index (κ2) is 10.6. The number of benzene rings is 3. The first-order chi connectivity index (χ1) is 18.5. The molecule has 4 rings (SSSR count). The van der Waals surface area contributed by atoms with E-state index in [1.54, 1.807) is 30.3 Å². The minimum Gasteiger partial charge on any atom is -0.506 e. The van der Waals surface area contributed by atoms with Gasteiger partial charge in [-0.25, -0.2) is 4.79 Å². The molecule has 202 valence electrons. The molecule has 1 saturated heterocycles. The summed E-state index contributed by atoms with van der Waals surface area (Å²) in [5.41, 5.74) is 2.30. The van der Waals surface area contributed by atoms with Crippen LogP contribution in [0.15, 0.2) is 72.3 Å². The molecule has 0 saturated carbocycles. The zero-order valence-electron chi connectivity index (χ0n) is 22.8. The molecule has 1 heterocycles. The van der Waals surface area contributed by atoms with Gasteiger partial charge in [0.05, 0.1) is 38.5 Å². The Morgan fingerprint density at radius 3 is 1.90 bits per heavy atom. The monoisotopic (exact) mass is 529 g/mol. The number of methoxy groups -OCH3 is 3. The number of esters is 1. The summed E-state index contributed by atoms with van der Waals surface area (Å²) in [4.78, 5) is 40.4. The van der Waals surface area contributed by atoms with Crippen LogP contribution in [0.2, 0.25) is 0 Å². The predicted octanol–water partition coefficient (Wildman–Crippen LogP) is 5.41. The number of Topliss-reactive ketones (excluding diaryl/α,β-unsaturated/α-hetero) is 1. The summed E-state index contributed by atoms with van der Waals surface area (Å²) >= 11 is 0. The highest BCUT2D eigenvalue weighted by molar-refractivity contribution is 6.51. The van der Waals surface area contributed by atoms with Crippen LogP contribution in [0.3, 0.4) is 0 Å². The van der Waals surface area contributed by atoms with Crippen LogP contribution in [-0.4, -0.2) is 44.1 Å². The number of hydrogen-bond donors (Lipinski definition) is 1. The minimum absolute atomic E-state index is 0.108. The molecule has 1 aliphatic heterocycles. The van der Waals surface area contributed by atoms with Gasteiger partial charge in [0.15, 0.2) is 0 Å². The maximum absolute atomic E-state index is 13.6. The normalized spacial score (nSPS) is 16.8. The molecule has 0 spiro atoms. The molecule has 3 aromatic rings. The summed E-state index contributed by atoms with van der Waals surface area (Å²) < 4.78 is 15.7. The Kier molecular flexibility index (Phi) is 7.49. The summed E-state index contributed by atoms with van der Waals surface area (Å²) in [7, 11) is 4.16. The number of nitrogens with zero attached hydrogens (tertiary/aromatic N) is 1. The van der Waals surface area contributed by atoms with Gasteiger partial charge < -0.3 is 19.3 Å². The average molecular weight is 530 g/mol. The third kappa shape index (κ3) is 4.97. The third-order valence-corrected chi connectivity index (χ3v) is 6.77. The van der Waals surface area contributed by atoms with Crippen LogP contribution < -0.4 is 14.4 Å². The van der Waals surface area contributed by atoms with Crippen molar-refractivity contribution in [2.24, 2.45) is 0 Å². The number of ether oxygens (including phenoxy) is 3. The lowest BCUT2D eigenvalue weighted by atomic mass is 9.85. The number of amides is 1. The van der Waals surface area contributed by atoms with Gasteiger partial charge in [0, 0.05) is 5.69 Å². The number of hydrogen-bond acceptors (Lipinski definition) is 7. The van der Waals surface area contributed by atoms with Gasteiger partial charge in [-0.15, -0.1) is 0 Å². The van der Waals surface area contributed by atoms with Gasteiger partial charge in [-0.2, -0.15) is 0 Å². The summed E-state index contributed by atoms with van der Waals surface area (Å²) in [5.74, 6) is -2.06. The molecule has 0 bridgehead atoms. The van der Waals surface area contributed by atoms with E-state index in [0.29, 0.717) is 16.8 Å². The lowest BCUT2D eigenvalue weighted by Crippen LogP contribution is -2.29. The van der Waals surface area contributed by atoms with Crippen LogP contribution in [0.1, 0.15) is 53.9 Å². The van der Waals surface area contributed by atoms with Crippen LogP contribution in [-0.2, 0) is 19.7 Å². The van der Waals surface area contributed by atoms with Crippen molar-refractivity contribution >= 4 is 29.1 Å². The highest BCUT2D eigenvalue weighted by atomic mass is 16.5. The molecule has 0 aromatic heterocycles. The van der Waals surface area contributed by atoms with Gasteiger partial charge in [-0.3, -0.25) is 14.5 Å². The summed E-state index contributed by atoms with van der Waals surface area (Å²) in [6.07, 6.45) is 0. The van der Waals surface area contributed by atoms with Crippen molar-refractivity contribution in [3.8, 4) is 11.5 Å². The van der Waals surface area contributed by atoms with E-state index in [-0.39, 0.29) is 28.1 Å². The Morgan fingerprint density at radius 2 is 1.41 bits per heavy atom. The lowest BCUT2D eigenvalue weighted by molar-refractivity contribution is -0.132. The van der Waals surface area contributed by atoms with E-state index in [1.807, 2.05) is 24.3 Å². The van der Waals surface area contributed by atoms with Gasteiger partial charge in [-0.05, 0) is 52.9 Å². The highest BCUT2D eigenvalue weighted by Gasteiger charge is 2.47. The van der Waals surface area contributed by atoms with Gasteiger partial charge >= 0.3 is 5.97 Å². The highest BCUT2D eigenvalue weighted by Crippen LogP contribution is 2.45. The Bertz CT molecular complexity index is 1430. The molecule has 8 heteroatoms. The van der Waals surface area contributed by atoms with Crippen LogP contribution in [0.5, 0.6) is 11.5 Å². The molecule has 0 radical (unpaired) electrons. The predicted molar refractivity (Wildman–Crippen MR) is 147 cm³/mol. The Labute approximate surface area is 227 Å². The third-order valence-electron chi connectivity index (χ3n) is 6.77. The van der Waals surface area contributed by atoms with E-state index in [9.17, 15) is 19.5 Å². The molecule has 1 fully saturated rings. The maximum atomic E-state index is 13.6. The molecule has 1 unspecified atom stereocenters. The SMILES string of the molecule is COC(=O)c1ccc(N2C(=O)C(=O)/C(=C(/O)c3c(OC)cccc3OC)C2c2ccc(C(C)(C)C)cc2)cc1. The second-order valence-corrected chi connectivity index (χ2v) is 10.1. The number of ketones is 1. The molecular formula is C31H31NO7. The molecule has 1 aliphatic rings. The zero-order valence-corrected chi connectivity index (χ0v) is 22.8. The van der Waals surface area contributed by atoms with E-state index >= 15 is 0 Å². The van der Waals surface area contributed by atoms with E-state index in [1.165, 1.54) is 38.4 Å². The number of rotatable bonds is 6. The summed E-state index contributed by atoms with van der Waals surface area (Å²) in [5, 5.41) is 11.6. The van der Waals surface area contributed by atoms with Crippen molar-refractivity contribution in [3.63, 3.8) is 0 Å². The van der Waals surface area contributed by atoms with Gasteiger partial charge in [0.1, 0.15) is 22.8 Å². The van der Waals surface area contributed by atoms with Gasteiger partial charge in [-0.1, -0.05) is 51.1 Å². The Balaban J connectivity index is 1.96. The Morgan fingerprint density at radius 1 is 0.846 bits per heavy atom. The molecular weight excluding hydrogens is 498 g/mol. The lowest BCUT2D eigenvalue weighted by Gasteiger charge is -2.27. The van der Waals surface area contributed by atoms with Crippen LogP contribution in [0.4, 0.5) is 5.69 Å². The van der Waals surface area contributed by atoms with E-state index in [2.05, 4.69) is 20.8 Å². The van der Waals surface area contributed by atoms with Crippen LogP contribution in [0, 0.1) is 0 Å². The summed E-state index contributed by atoms with van der Waals surface area (Å²) in [6, 6.07) is 17.7. The molecule has 3 aromatic carbocycles. The average Bonchev–Trinajstić information content (AvgIpc) is 3.21. The quantitative estimate of drug-likeness (QED) is 0.197. The largest absolute Gasteiger partial charge is 0.506 e. The fourth-order valence-electron chi connectivity index (χ4n) is 4.67. The minimum atomic E-state index is -0.961. The van der Waals surface area contributed by atoms with Crippen LogP contribution >= 0.6 is 0 Å². The Hall–Kier alpha value is -4.59. The zero-order chi connectivity index (χ0) is 28.5. The number of carbonyl (C=O) groups is 3. The maximum Gasteiger partial charge on any atom is 0.337 e. The van der Waals surface area contributed by atoms with E-state index < -0.39 is 29.5 Å². The molecule has 39 heavy (non-hydrogen) atoms. The molecule has 8 nitrogen and oxygen atoms in total.